The van der Waals surface area contributed by atoms with Crippen LogP contribution in [0.25, 0.3) is 0 Å². The van der Waals surface area contributed by atoms with Gasteiger partial charge in [0.1, 0.15) is 5.92 Å². The minimum Gasteiger partial charge on any atom is -0.325 e. The molecule has 0 bridgehead atoms. The zero-order chi connectivity index (χ0) is 17.3. The van der Waals surface area contributed by atoms with Crippen molar-refractivity contribution >= 4 is 39.1 Å². The first-order valence-electron chi connectivity index (χ1n) is 7.91. The van der Waals surface area contributed by atoms with Gasteiger partial charge in [0.05, 0.1) is 0 Å². The number of carbonyl (C=O) groups excluding carboxylic acids is 2. The van der Waals surface area contributed by atoms with Crippen LogP contribution in [0.2, 0.25) is 0 Å². The Kier molecular flexibility index (Phi) is 4.71. The van der Waals surface area contributed by atoms with Crippen LogP contribution in [0, 0.1) is 19.8 Å². The van der Waals surface area contributed by atoms with E-state index in [0.717, 1.165) is 27.0 Å². The summed E-state index contributed by atoms with van der Waals surface area (Å²) in [5.74, 6) is -1.01. The van der Waals surface area contributed by atoms with Crippen LogP contribution in [0.1, 0.15) is 17.5 Å². The van der Waals surface area contributed by atoms with E-state index >= 15 is 0 Å². The normalized spacial score (nSPS) is 17.2. The van der Waals surface area contributed by atoms with E-state index in [-0.39, 0.29) is 11.8 Å². The monoisotopic (exact) mass is 386 g/mol. The maximum atomic E-state index is 12.6. The molecule has 4 nitrogen and oxygen atoms in total. The summed E-state index contributed by atoms with van der Waals surface area (Å²) in [4.78, 5) is 26.9. The van der Waals surface area contributed by atoms with Crippen molar-refractivity contribution in [3.63, 3.8) is 0 Å². The molecule has 1 heterocycles. The predicted molar refractivity (Wildman–Crippen MR) is 99.1 cm³/mol. The Labute approximate surface area is 150 Å². The number of benzene rings is 2. The lowest BCUT2D eigenvalue weighted by molar-refractivity contribution is -0.129. The van der Waals surface area contributed by atoms with Gasteiger partial charge in [-0.25, -0.2) is 0 Å². The average molecular weight is 387 g/mol. The van der Waals surface area contributed by atoms with Gasteiger partial charge in [-0.15, -0.1) is 0 Å². The van der Waals surface area contributed by atoms with Gasteiger partial charge in [0, 0.05) is 22.4 Å². The lowest BCUT2D eigenvalue weighted by Crippen LogP contribution is -2.33. The third-order valence-corrected chi connectivity index (χ3v) is 5.25. The van der Waals surface area contributed by atoms with Gasteiger partial charge in [-0.3, -0.25) is 9.59 Å². The number of hydrogen-bond donors (Lipinski definition) is 1. The molecule has 2 aromatic rings. The van der Waals surface area contributed by atoms with Gasteiger partial charge in [0.15, 0.2) is 0 Å². The summed E-state index contributed by atoms with van der Waals surface area (Å²) in [6.07, 6.45) is 0.533. The number of carbonyl (C=O) groups is 2. The van der Waals surface area contributed by atoms with E-state index in [1.165, 1.54) is 0 Å². The van der Waals surface area contributed by atoms with Gasteiger partial charge in [0.25, 0.3) is 0 Å². The van der Waals surface area contributed by atoms with Gasteiger partial charge in [-0.1, -0.05) is 39.7 Å². The van der Waals surface area contributed by atoms with Gasteiger partial charge in [-0.2, -0.15) is 0 Å². The molecule has 1 aliphatic rings. The first-order chi connectivity index (χ1) is 11.5. The second-order valence-electron chi connectivity index (χ2n) is 6.07. The highest BCUT2D eigenvalue weighted by Gasteiger charge is 2.37. The molecule has 0 saturated carbocycles. The summed E-state index contributed by atoms with van der Waals surface area (Å²) in [7, 11) is 0. The number of rotatable bonds is 3. The van der Waals surface area contributed by atoms with Crippen molar-refractivity contribution in [3.8, 4) is 0 Å². The van der Waals surface area contributed by atoms with Gasteiger partial charge < -0.3 is 10.2 Å². The number of nitrogens with zero attached hydrogens (tertiary/aromatic N) is 1. The highest BCUT2D eigenvalue weighted by atomic mass is 79.9. The van der Waals surface area contributed by atoms with Crippen LogP contribution in [0.5, 0.6) is 0 Å². The minimum atomic E-state index is -0.635. The van der Waals surface area contributed by atoms with E-state index in [0.29, 0.717) is 13.0 Å². The van der Waals surface area contributed by atoms with Crippen LogP contribution in [-0.4, -0.2) is 18.4 Å². The van der Waals surface area contributed by atoms with Crippen LogP contribution < -0.4 is 10.2 Å². The molecule has 2 aromatic carbocycles. The SMILES string of the molecule is Cc1ccc(N2CCC(C(=O)Nc3cccc(Br)c3C)C2=O)cc1. The molecular formula is C19H19BrN2O2. The summed E-state index contributed by atoms with van der Waals surface area (Å²) >= 11 is 3.45. The largest absolute Gasteiger partial charge is 0.325 e. The van der Waals surface area contributed by atoms with E-state index in [1.807, 2.05) is 56.3 Å². The average Bonchev–Trinajstić information content (AvgIpc) is 2.94. The first kappa shape index (κ1) is 16.7. The smallest absolute Gasteiger partial charge is 0.239 e. The van der Waals surface area contributed by atoms with E-state index in [2.05, 4.69) is 21.2 Å². The maximum absolute atomic E-state index is 12.6. The van der Waals surface area contributed by atoms with Crippen LogP contribution in [-0.2, 0) is 9.59 Å². The lowest BCUT2D eigenvalue weighted by atomic mass is 10.1. The van der Waals surface area contributed by atoms with Crippen molar-refractivity contribution in [1.29, 1.82) is 0 Å². The molecule has 1 fully saturated rings. The zero-order valence-corrected chi connectivity index (χ0v) is 15.3. The molecule has 1 unspecified atom stereocenters. The number of hydrogen-bond acceptors (Lipinski definition) is 2. The molecule has 2 amide bonds. The van der Waals surface area contributed by atoms with Gasteiger partial charge in [0.2, 0.25) is 11.8 Å². The zero-order valence-electron chi connectivity index (χ0n) is 13.7. The second kappa shape index (κ2) is 6.77. The van der Waals surface area contributed by atoms with Crippen LogP contribution in [0.15, 0.2) is 46.9 Å². The van der Waals surface area contributed by atoms with E-state index in [4.69, 9.17) is 0 Å². The topological polar surface area (TPSA) is 49.4 Å². The Morgan fingerprint density at radius 2 is 1.88 bits per heavy atom. The fourth-order valence-electron chi connectivity index (χ4n) is 2.87. The Morgan fingerprint density at radius 3 is 2.58 bits per heavy atom. The standard InChI is InChI=1S/C19H19BrN2O2/c1-12-6-8-14(9-7-12)22-11-10-15(19(22)24)18(23)21-17-5-3-4-16(20)13(17)2/h3-9,15H,10-11H2,1-2H3,(H,21,23). The van der Waals surface area contributed by atoms with Gasteiger partial charge in [-0.05, 0) is 50.1 Å². The summed E-state index contributed by atoms with van der Waals surface area (Å²) in [5.41, 5.74) is 3.67. The van der Waals surface area contributed by atoms with Crippen LogP contribution in [0.4, 0.5) is 11.4 Å². The Balaban J connectivity index is 1.74. The third-order valence-electron chi connectivity index (χ3n) is 4.39. The molecular weight excluding hydrogens is 368 g/mol. The Bertz CT molecular complexity index is 786. The fourth-order valence-corrected chi connectivity index (χ4v) is 3.23. The molecule has 0 aromatic heterocycles. The van der Waals surface area contributed by atoms with Crippen molar-refractivity contribution in [1.82, 2.24) is 0 Å². The summed E-state index contributed by atoms with van der Waals surface area (Å²) in [6, 6.07) is 13.4. The molecule has 1 aliphatic heterocycles. The summed E-state index contributed by atoms with van der Waals surface area (Å²) in [5, 5.41) is 2.89. The molecule has 0 aliphatic carbocycles. The van der Waals surface area contributed by atoms with E-state index in [1.54, 1.807) is 4.90 Å². The van der Waals surface area contributed by atoms with Crippen molar-refractivity contribution in [2.24, 2.45) is 5.92 Å². The molecule has 0 spiro atoms. The molecule has 5 heteroatoms. The van der Waals surface area contributed by atoms with Crippen molar-refractivity contribution in [2.45, 2.75) is 20.3 Å². The molecule has 0 radical (unpaired) electrons. The van der Waals surface area contributed by atoms with Gasteiger partial charge >= 0.3 is 0 Å². The molecule has 3 rings (SSSR count). The predicted octanol–water partition coefficient (Wildman–Crippen LogP) is 4.06. The van der Waals surface area contributed by atoms with E-state index in [9.17, 15) is 9.59 Å². The van der Waals surface area contributed by atoms with E-state index < -0.39 is 5.92 Å². The molecule has 1 atom stereocenters. The minimum absolute atomic E-state index is 0.135. The third kappa shape index (κ3) is 3.22. The quantitative estimate of drug-likeness (QED) is 0.808. The number of halogens is 1. The Hall–Kier alpha value is -2.14. The van der Waals surface area contributed by atoms with Crippen LogP contribution in [0.3, 0.4) is 0 Å². The van der Waals surface area contributed by atoms with Crippen molar-refractivity contribution in [3.05, 3.63) is 58.1 Å². The number of anilines is 2. The summed E-state index contributed by atoms with van der Waals surface area (Å²) in [6.45, 7) is 4.50. The highest BCUT2D eigenvalue weighted by Crippen LogP contribution is 2.28. The Morgan fingerprint density at radius 1 is 1.17 bits per heavy atom. The highest BCUT2D eigenvalue weighted by molar-refractivity contribution is 9.10. The first-order valence-corrected chi connectivity index (χ1v) is 8.70. The molecule has 24 heavy (non-hydrogen) atoms. The molecule has 1 saturated heterocycles. The number of amides is 2. The molecule has 1 N–H and O–H groups in total. The number of aryl methyl sites for hydroxylation is 1. The fraction of sp³-hybridized carbons (Fsp3) is 0.263. The maximum Gasteiger partial charge on any atom is 0.239 e. The lowest BCUT2D eigenvalue weighted by Gasteiger charge is -2.17. The number of nitrogens with one attached hydrogen (secondary N) is 1. The van der Waals surface area contributed by atoms with Crippen LogP contribution >= 0.6 is 15.9 Å². The van der Waals surface area contributed by atoms with Crippen molar-refractivity contribution < 1.29 is 9.59 Å². The molecule has 124 valence electrons. The second-order valence-corrected chi connectivity index (χ2v) is 6.92. The summed E-state index contributed by atoms with van der Waals surface area (Å²) < 4.78 is 0.930. The van der Waals surface area contributed by atoms with Crippen molar-refractivity contribution in [2.75, 3.05) is 16.8 Å².